The fraction of sp³-hybridized carbons (Fsp3) is 0.846. The van der Waals surface area contributed by atoms with E-state index in [2.05, 4.69) is 6.92 Å². The minimum absolute atomic E-state index is 0.0628. The highest BCUT2D eigenvalue weighted by atomic mass is 16.1. The van der Waals surface area contributed by atoms with Crippen molar-refractivity contribution in [3.63, 3.8) is 0 Å². The molecule has 1 atom stereocenters. The molecule has 0 aromatic heterocycles. The van der Waals surface area contributed by atoms with Crippen molar-refractivity contribution in [3.05, 3.63) is 0 Å². The Morgan fingerprint density at radius 3 is 2.80 bits per heavy atom. The Balaban J connectivity index is 2.21. The summed E-state index contributed by atoms with van der Waals surface area (Å²) in [6.45, 7) is 2.13. The van der Waals surface area contributed by atoms with Crippen molar-refractivity contribution in [3.8, 4) is 0 Å². The van der Waals surface area contributed by atoms with Gasteiger partial charge in [0.2, 0.25) is 0 Å². The Labute approximate surface area is 92.4 Å². The number of Topliss-reactive ketones (excluding diaryl/α,β-unsaturated/α-hetero) is 2. The molecule has 1 aliphatic rings. The third-order valence-electron chi connectivity index (χ3n) is 3.21. The molecule has 2 nitrogen and oxygen atoms in total. The predicted octanol–water partition coefficient (Wildman–Crippen LogP) is 3.29. The maximum absolute atomic E-state index is 11.6. The Morgan fingerprint density at radius 2 is 2.13 bits per heavy atom. The Bertz CT molecular complexity index is 221. The van der Waals surface area contributed by atoms with Crippen LogP contribution in [0.25, 0.3) is 0 Å². The second-order valence-electron chi connectivity index (χ2n) is 4.61. The van der Waals surface area contributed by atoms with Crippen LogP contribution in [0.3, 0.4) is 0 Å². The molecule has 0 aliphatic heterocycles. The molecule has 0 bridgehead atoms. The lowest BCUT2D eigenvalue weighted by Gasteiger charge is -2.19. The molecule has 0 saturated heterocycles. The van der Waals surface area contributed by atoms with Crippen molar-refractivity contribution in [1.82, 2.24) is 0 Å². The summed E-state index contributed by atoms with van der Waals surface area (Å²) in [7, 11) is 0. The molecule has 1 rings (SSSR count). The monoisotopic (exact) mass is 210 g/mol. The summed E-state index contributed by atoms with van der Waals surface area (Å²) in [5, 5.41) is 0. The van der Waals surface area contributed by atoms with Gasteiger partial charge < -0.3 is 0 Å². The van der Waals surface area contributed by atoms with Crippen molar-refractivity contribution in [2.24, 2.45) is 5.92 Å². The summed E-state index contributed by atoms with van der Waals surface area (Å²) in [4.78, 5) is 23.1. The number of hydrogen-bond acceptors (Lipinski definition) is 2. The van der Waals surface area contributed by atoms with E-state index >= 15 is 0 Å². The molecule has 86 valence electrons. The van der Waals surface area contributed by atoms with Gasteiger partial charge in [-0.3, -0.25) is 9.59 Å². The van der Waals surface area contributed by atoms with Crippen LogP contribution in [0.5, 0.6) is 0 Å². The second-order valence-corrected chi connectivity index (χ2v) is 4.61. The molecule has 0 aromatic rings. The maximum Gasteiger partial charge on any atom is 0.136 e. The van der Waals surface area contributed by atoms with Gasteiger partial charge in [0.1, 0.15) is 11.6 Å². The van der Waals surface area contributed by atoms with Gasteiger partial charge in [-0.15, -0.1) is 0 Å². The van der Waals surface area contributed by atoms with E-state index in [0.29, 0.717) is 30.8 Å². The third-order valence-corrected chi connectivity index (χ3v) is 3.21. The van der Waals surface area contributed by atoms with Crippen molar-refractivity contribution in [2.75, 3.05) is 0 Å². The van der Waals surface area contributed by atoms with Gasteiger partial charge in [0.15, 0.2) is 0 Å². The molecule has 1 aliphatic carbocycles. The number of carbonyl (C=O) groups is 2. The van der Waals surface area contributed by atoms with Crippen LogP contribution in [0, 0.1) is 5.92 Å². The van der Waals surface area contributed by atoms with Crippen molar-refractivity contribution in [2.45, 2.75) is 64.7 Å². The van der Waals surface area contributed by atoms with Crippen LogP contribution in [0.2, 0.25) is 0 Å². The summed E-state index contributed by atoms with van der Waals surface area (Å²) in [6.07, 6.45) is 8.26. The van der Waals surface area contributed by atoms with Gasteiger partial charge in [-0.05, 0) is 19.3 Å². The highest BCUT2D eigenvalue weighted by Crippen LogP contribution is 2.24. The summed E-state index contributed by atoms with van der Waals surface area (Å²) >= 11 is 0. The van der Waals surface area contributed by atoms with Crippen LogP contribution in [0.15, 0.2) is 0 Å². The Morgan fingerprint density at radius 1 is 1.33 bits per heavy atom. The van der Waals surface area contributed by atoms with Crippen LogP contribution < -0.4 is 0 Å². The highest BCUT2D eigenvalue weighted by Gasteiger charge is 2.23. The van der Waals surface area contributed by atoms with E-state index in [1.165, 1.54) is 0 Å². The van der Waals surface area contributed by atoms with Crippen LogP contribution in [0.1, 0.15) is 64.7 Å². The topological polar surface area (TPSA) is 34.1 Å². The van der Waals surface area contributed by atoms with Gasteiger partial charge in [-0.1, -0.05) is 26.2 Å². The van der Waals surface area contributed by atoms with Gasteiger partial charge in [0.05, 0.1) is 0 Å². The van der Waals surface area contributed by atoms with E-state index in [1.807, 2.05) is 0 Å². The fourth-order valence-corrected chi connectivity index (χ4v) is 2.22. The van der Waals surface area contributed by atoms with Gasteiger partial charge in [-0.2, -0.15) is 0 Å². The standard InChI is InChI=1S/C13H22O2/c1-2-3-4-8-12(14)10-11-7-5-6-9-13(11)15/h11H,2-10H2,1H3. The molecule has 0 N–H and O–H groups in total. The first-order chi connectivity index (χ1) is 7.24. The first kappa shape index (κ1) is 12.4. The van der Waals surface area contributed by atoms with Gasteiger partial charge in [0, 0.05) is 25.2 Å². The van der Waals surface area contributed by atoms with Gasteiger partial charge >= 0.3 is 0 Å². The summed E-state index contributed by atoms with van der Waals surface area (Å²) in [5.41, 5.74) is 0. The van der Waals surface area contributed by atoms with Crippen LogP contribution in [0.4, 0.5) is 0 Å². The number of carbonyl (C=O) groups excluding carboxylic acids is 2. The highest BCUT2D eigenvalue weighted by molar-refractivity contribution is 5.88. The first-order valence-corrected chi connectivity index (χ1v) is 6.28. The molecule has 1 fully saturated rings. The number of hydrogen-bond donors (Lipinski definition) is 0. The lowest BCUT2D eigenvalue weighted by atomic mass is 9.84. The van der Waals surface area contributed by atoms with E-state index < -0.39 is 0 Å². The summed E-state index contributed by atoms with van der Waals surface area (Å²) in [5.74, 6) is 0.682. The molecule has 0 aromatic carbocycles. The maximum atomic E-state index is 11.6. The van der Waals surface area contributed by atoms with Crippen LogP contribution >= 0.6 is 0 Å². The molecular weight excluding hydrogens is 188 g/mol. The first-order valence-electron chi connectivity index (χ1n) is 6.28. The third kappa shape index (κ3) is 4.59. The SMILES string of the molecule is CCCCCC(=O)CC1CCCCC1=O. The Kier molecular flexibility index (Phi) is 5.59. The van der Waals surface area contributed by atoms with Crippen molar-refractivity contribution in [1.29, 1.82) is 0 Å². The average molecular weight is 210 g/mol. The molecule has 0 heterocycles. The molecular formula is C13H22O2. The van der Waals surface area contributed by atoms with Crippen molar-refractivity contribution >= 4 is 11.6 Å². The Hall–Kier alpha value is -0.660. The number of unbranched alkanes of at least 4 members (excludes halogenated alkanes) is 2. The average Bonchev–Trinajstić information content (AvgIpc) is 2.22. The second kappa shape index (κ2) is 6.76. The smallest absolute Gasteiger partial charge is 0.136 e. The van der Waals surface area contributed by atoms with Gasteiger partial charge in [-0.25, -0.2) is 0 Å². The lowest BCUT2D eigenvalue weighted by molar-refractivity contribution is -0.129. The fourth-order valence-electron chi connectivity index (χ4n) is 2.22. The minimum atomic E-state index is 0.0628. The zero-order valence-corrected chi connectivity index (χ0v) is 9.76. The molecule has 1 saturated carbocycles. The van der Waals surface area contributed by atoms with E-state index in [0.717, 1.165) is 38.5 Å². The molecule has 0 amide bonds. The molecule has 15 heavy (non-hydrogen) atoms. The summed E-state index contributed by atoms with van der Waals surface area (Å²) < 4.78 is 0. The van der Waals surface area contributed by atoms with E-state index in [9.17, 15) is 9.59 Å². The quantitative estimate of drug-likeness (QED) is 0.630. The largest absolute Gasteiger partial charge is 0.300 e. The zero-order chi connectivity index (χ0) is 11.1. The van der Waals surface area contributed by atoms with Crippen molar-refractivity contribution < 1.29 is 9.59 Å². The minimum Gasteiger partial charge on any atom is -0.300 e. The number of rotatable bonds is 6. The molecule has 1 unspecified atom stereocenters. The van der Waals surface area contributed by atoms with E-state index in [4.69, 9.17) is 0 Å². The normalized spacial score (nSPS) is 21.7. The number of ketones is 2. The van der Waals surface area contributed by atoms with Crippen LogP contribution in [-0.2, 0) is 9.59 Å². The van der Waals surface area contributed by atoms with Gasteiger partial charge in [0.25, 0.3) is 0 Å². The molecule has 2 heteroatoms. The molecule has 0 spiro atoms. The molecule has 0 radical (unpaired) electrons. The lowest BCUT2D eigenvalue weighted by Crippen LogP contribution is -2.21. The van der Waals surface area contributed by atoms with Crippen LogP contribution in [-0.4, -0.2) is 11.6 Å². The predicted molar refractivity (Wildman–Crippen MR) is 60.7 cm³/mol. The van der Waals surface area contributed by atoms with E-state index in [-0.39, 0.29) is 5.92 Å². The van der Waals surface area contributed by atoms with E-state index in [1.54, 1.807) is 0 Å². The summed E-state index contributed by atoms with van der Waals surface area (Å²) in [6, 6.07) is 0. The zero-order valence-electron chi connectivity index (χ0n) is 9.76.